The maximum absolute atomic E-state index is 11.8. The van der Waals surface area contributed by atoms with Crippen LogP contribution in [0.2, 0.25) is 0 Å². The quantitative estimate of drug-likeness (QED) is 0.833. The molecule has 23 heavy (non-hydrogen) atoms. The number of carbonyl (C=O) groups is 1. The molecule has 0 bridgehead atoms. The van der Waals surface area contributed by atoms with Gasteiger partial charge in [0.15, 0.2) is 0 Å². The van der Waals surface area contributed by atoms with Gasteiger partial charge in [-0.05, 0) is 48.4 Å². The predicted molar refractivity (Wildman–Crippen MR) is 89.6 cm³/mol. The molecule has 0 radical (unpaired) electrons. The minimum absolute atomic E-state index is 0.179. The van der Waals surface area contributed by atoms with Crippen LogP contribution in [0.15, 0.2) is 54.6 Å². The third kappa shape index (κ3) is 5.33. The molecule has 0 aliphatic carbocycles. The summed E-state index contributed by atoms with van der Waals surface area (Å²) in [5.74, 6) is 0.632. The van der Waals surface area contributed by atoms with E-state index in [0.29, 0.717) is 18.7 Å². The number of benzene rings is 2. The Labute approximate surface area is 136 Å². The minimum atomic E-state index is -0.179. The average molecular weight is 306 g/mol. The maximum atomic E-state index is 11.8. The second-order valence-corrected chi connectivity index (χ2v) is 4.87. The first-order chi connectivity index (χ1) is 11.2. The Morgan fingerprint density at radius 1 is 1.26 bits per heavy atom. The summed E-state index contributed by atoms with van der Waals surface area (Å²) in [4.78, 5) is 11.8. The van der Waals surface area contributed by atoms with Crippen LogP contribution in [0.1, 0.15) is 23.6 Å². The van der Waals surface area contributed by atoms with Crippen LogP contribution >= 0.6 is 0 Å². The molecule has 4 heteroatoms. The highest BCUT2D eigenvalue weighted by molar-refractivity contribution is 5.91. The molecule has 1 amide bonds. The van der Waals surface area contributed by atoms with E-state index in [1.165, 1.54) is 6.08 Å². The molecule has 0 aliphatic rings. The Balaban J connectivity index is 1.87. The van der Waals surface area contributed by atoms with Crippen LogP contribution in [-0.4, -0.2) is 12.5 Å². The third-order valence-corrected chi connectivity index (χ3v) is 3.14. The Morgan fingerprint density at radius 3 is 2.74 bits per heavy atom. The molecule has 0 spiro atoms. The van der Waals surface area contributed by atoms with Gasteiger partial charge in [0.25, 0.3) is 0 Å². The van der Waals surface area contributed by atoms with Crippen molar-refractivity contribution in [3.05, 3.63) is 71.3 Å². The van der Waals surface area contributed by atoms with Crippen molar-refractivity contribution >= 4 is 12.0 Å². The molecule has 2 aromatic rings. The average Bonchev–Trinajstić information content (AvgIpc) is 2.60. The van der Waals surface area contributed by atoms with Gasteiger partial charge in [-0.15, -0.1) is 0 Å². The van der Waals surface area contributed by atoms with Gasteiger partial charge < -0.3 is 10.1 Å². The molecule has 0 fully saturated rings. The zero-order valence-electron chi connectivity index (χ0n) is 13.0. The van der Waals surface area contributed by atoms with Crippen molar-refractivity contribution in [3.63, 3.8) is 0 Å². The van der Waals surface area contributed by atoms with Crippen LogP contribution in [0.3, 0.4) is 0 Å². The van der Waals surface area contributed by atoms with E-state index in [4.69, 9.17) is 10.00 Å². The lowest BCUT2D eigenvalue weighted by atomic mass is 10.1. The molecule has 2 aromatic carbocycles. The van der Waals surface area contributed by atoms with Crippen molar-refractivity contribution < 1.29 is 9.53 Å². The van der Waals surface area contributed by atoms with Gasteiger partial charge in [-0.1, -0.05) is 24.3 Å². The molecule has 0 aliphatic heterocycles. The lowest BCUT2D eigenvalue weighted by Crippen LogP contribution is -2.20. The number of carbonyl (C=O) groups excluding carboxylic acids is 1. The lowest BCUT2D eigenvalue weighted by molar-refractivity contribution is -0.116. The summed E-state index contributed by atoms with van der Waals surface area (Å²) in [5.41, 5.74) is 2.41. The Hall–Kier alpha value is -3.06. The lowest BCUT2D eigenvalue weighted by Gasteiger charge is -2.03. The van der Waals surface area contributed by atoms with Gasteiger partial charge in [0.05, 0.1) is 18.2 Å². The van der Waals surface area contributed by atoms with E-state index in [1.54, 1.807) is 24.3 Å². The Bertz CT molecular complexity index is 728. The van der Waals surface area contributed by atoms with Crippen molar-refractivity contribution in [1.29, 1.82) is 5.26 Å². The van der Waals surface area contributed by atoms with Crippen LogP contribution in [0.4, 0.5) is 0 Å². The first kappa shape index (κ1) is 16.3. The minimum Gasteiger partial charge on any atom is -0.494 e. The van der Waals surface area contributed by atoms with Crippen molar-refractivity contribution in [2.45, 2.75) is 13.5 Å². The number of nitriles is 1. The van der Waals surface area contributed by atoms with E-state index in [1.807, 2.05) is 37.3 Å². The number of amides is 1. The molecular formula is C19H18N2O2. The van der Waals surface area contributed by atoms with E-state index in [-0.39, 0.29) is 5.91 Å². The first-order valence-electron chi connectivity index (χ1n) is 7.39. The van der Waals surface area contributed by atoms with Crippen LogP contribution in [0.25, 0.3) is 6.08 Å². The topological polar surface area (TPSA) is 62.1 Å². The summed E-state index contributed by atoms with van der Waals surface area (Å²) < 4.78 is 5.37. The predicted octanol–water partition coefficient (Wildman–Crippen LogP) is 3.29. The SMILES string of the molecule is CCOc1ccc(/C=C/C(=O)NCc2cccc(C#N)c2)cc1. The molecule has 0 aromatic heterocycles. The molecule has 0 atom stereocenters. The number of ether oxygens (including phenoxy) is 1. The summed E-state index contributed by atoms with van der Waals surface area (Å²) in [6.45, 7) is 2.96. The third-order valence-electron chi connectivity index (χ3n) is 3.14. The summed E-state index contributed by atoms with van der Waals surface area (Å²) in [6, 6.07) is 16.8. The van der Waals surface area contributed by atoms with Crippen molar-refractivity contribution in [1.82, 2.24) is 5.32 Å². The van der Waals surface area contributed by atoms with Gasteiger partial charge in [0.1, 0.15) is 5.75 Å². The summed E-state index contributed by atoms with van der Waals surface area (Å²) in [5, 5.41) is 11.6. The van der Waals surface area contributed by atoms with Gasteiger partial charge >= 0.3 is 0 Å². The maximum Gasteiger partial charge on any atom is 0.244 e. The second-order valence-electron chi connectivity index (χ2n) is 4.87. The molecule has 0 saturated carbocycles. The monoisotopic (exact) mass is 306 g/mol. The summed E-state index contributed by atoms with van der Waals surface area (Å²) >= 11 is 0. The van der Waals surface area contributed by atoms with Gasteiger partial charge in [-0.3, -0.25) is 4.79 Å². The van der Waals surface area contributed by atoms with Crippen LogP contribution in [-0.2, 0) is 11.3 Å². The van der Waals surface area contributed by atoms with E-state index in [2.05, 4.69) is 11.4 Å². The molecule has 2 rings (SSSR count). The van der Waals surface area contributed by atoms with Crippen molar-refractivity contribution in [2.24, 2.45) is 0 Å². The highest BCUT2D eigenvalue weighted by Crippen LogP contribution is 2.13. The van der Waals surface area contributed by atoms with E-state index in [9.17, 15) is 4.79 Å². The molecule has 0 saturated heterocycles. The number of hydrogen-bond acceptors (Lipinski definition) is 3. The van der Waals surface area contributed by atoms with Gasteiger partial charge in [-0.2, -0.15) is 5.26 Å². The van der Waals surface area contributed by atoms with Crippen LogP contribution < -0.4 is 10.1 Å². The molecule has 0 heterocycles. The van der Waals surface area contributed by atoms with E-state index in [0.717, 1.165) is 16.9 Å². The fraction of sp³-hybridized carbons (Fsp3) is 0.158. The number of hydrogen-bond donors (Lipinski definition) is 1. The molecular weight excluding hydrogens is 288 g/mol. The largest absolute Gasteiger partial charge is 0.494 e. The van der Waals surface area contributed by atoms with Crippen LogP contribution in [0, 0.1) is 11.3 Å². The standard InChI is InChI=1S/C19H18N2O2/c1-2-23-18-9-6-15(7-10-18)8-11-19(22)21-14-17-5-3-4-16(12-17)13-20/h3-12H,2,14H2,1H3,(H,21,22)/b11-8+. The Morgan fingerprint density at radius 2 is 2.04 bits per heavy atom. The highest BCUT2D eigenvalue weighted by atomic mass is 16.5. The fourth-order valence-corrected chi connectivity index (χ4v) is 2.01. The van der Waals surface area contributed by atoms with Gasteiger partial charge in [0.2, 0.25) is 5.91 Å². The number of nitrogens with one attached hydrogen (secondary N) is 1. The fourth-order valence-electron chi connectivity index (χ4n) is 2.01. The second kappa shape index (κ2) is 8.40. The van der Waals surface area contributed by atoms with E-state index >= 15 is 0 Å². The van der Waals surface area contributed by atoms with Crippen molar-refractivity contribution in [2.75, 3.05) is 6.61 Å². The Kier molecular flexibility index (Phi) is 5.96. The molecule has 116 valence electrons. The van der Waals surface area contributed by atoms with Gasteiger partial charge in [-0.25, -0.2) is 0 Å². The van der Waals surface area contributed by atoms with Crippen LogP contribution in [0.5, 0.6) is 5.75 Å². The molecule has 1 N–H and O–H groups in total. The normalized spacial score (nSPS) is 10.3. The smallest absolute Gasteiger partial charge is 0.244 e. The first-order valence-corrected chi connectivity index (χ1v) is 7.39. The highest BCUT2D eigenvalue weighted by Gasteiger charge is 1.99. The number of nitrogens with zero attached hydrogens (tertiary/aromatic N) is 1. The zero-order chi connectivity index (χ0) is 16.5. The summed E-state index contributed by atoms with van der Waals surface area (Å²) in [7, 11) is 0. The van der Waals surface area contributed by atoms with Gasteiger partial charge in [0, 0.05) is 12.6 Å². The molecule has 4 nitrogen and oxygen atoms in total. The van der Waals surface area contributed by atoms with E-state index < -0.39 is 0 Å². The number of rotatable bonds is 6. The molecule has 0 unspecified atom stereocenters. The van der Waals surface area contributed by atoms with Crippen molar-refractivity contribution in [3.8, 4) is 11.8 Å². The zero-order valence-corrected chi connectivity index (χ0v) is 13.0. The summed E-state index contributed by atoms with van der Waals surface area (Å²) in [6.07, 6.45) is 3.24.